The third-order valence-electron chi connectivity index (χ3n) is 3.36. The number of carbonyl (C=O) groups excluding carboxylic acids is 1. The second kappa shape index (κ2) is 9.77. The summed E-state index contributed by atoms with van der Waals surface area (Å²) in [4.78, 5) is 8.89. The summed E-state index contributed by atoms with van der Waals surface area (Å²) in [7, 11) is 2.12. The van der Waals surface area contributed by atoms with E-state index < -0.39 is 5.97 Å². The number of carboxylic acid groups (broad SMARTS) is 1. The van der Waals surface area contributed by atoms with Gasteiger partial charge in [0.1, 0.15) is 12.4 Å². The van der Waals surface area contributed by atoms with Crippen molar-refractivity contribution in [3.63, 3.8) is 0 Å². The van der Waals surface area contributed by atoms with E-state index in [2.05, 4.69) is 65.8 Å². The minimum Gasteiger partial charge on any atom is -0.550 e. The molecule has 0 saturated carbocycles. The van der Waals surface area contributed by atoms with Gasteiger partial charge in [0.15, 0.2) is 0 Å². The zero-order valence-electron chi connectivity index (χ0n) is 13.8. The highest BCUT2D eigenvalue weighted by Gasteiger charge is 2.15. The van der Waals surface area contributed by atoms with Crippen LogP contribution in [0.15, 0.2) is 42.7 Å². The van der Waals surface area contributed by atoms with Crippen molar-refractivity contribution in [1.82, 2.24) is 4.57 Å². The number of benzene rings is 1. The van der Waals surface area contributed by atoms with Crippen LogP contribution in [-0.4, -0.2) is 10.5 Å². The van der Waals surface area contributed by atoms with Crippen LogP contribution >= 0.6 is 0 Å². The van der Waals surface area contributed by atoms with Gasteiger partial charge in [-0.2, -0.15) is 0 Å². The quantitative estimate of drug-likeness (QED) is 0.607. The van der Waals surface area contributed by atoms with E-state index in [0.717, 1.165) is 13.5 Å². The molecule has 0 aliphatic carbocycles. The van der Waals surface area contributed by atoms with Gasteiger partial charge in [-0.25, -0.2) is 9.13 Å². The maximum absolute atomic E-state index is 8.89. The topological polar surface area (TPSA) is 48.9 Å². The minimum atomic E-state index is -1.08. The Balaban J connectivity index is 0.000000541. The van der Waals surface area contributed by atoms with E-state index >= 15 is 0 Å². The summed E-state index contributed by atoms with van der Waals surface area (Å²) < 4.78 is 4.57. The number of carbonyl (C=O) groups is 1. The summed E-state index contributed by atoms with van der Waals surface area (Å²) >= 11 is 0. The van der Waals surface area contributed by atoms with Crippen LogP contribution in [0.1, 0.15) is 39.5 Å². The summed E-state index contributed by atoms with van der Waals surface area (Å²) in [5.74, 6) is 0.215. The largest absolute Gasteiger partial charge is 0.550 e. The molecule has 2 aromatic rings. The molecule has 4 nitrogen and oxygen atoms in total. The Morgan fingerprint density at radius 3 is 2.41 bits per heavy atom. The summed E-state index contributed by atoms with van der Waals surface area (Å²) in [6.45, 7) is 4.34. The fraction of sp³-hybridized carbons (Fsp3) is 0.444. The highest BCUT2D eigenvalue weighted by molar-refractivity contribution is 5.60. The van der Waals surface area contributed by atoms with Crippen molar-refractivity contribution in [3.05, 3.63) is 42.7 Å². The van der Waals surface area contributed by atoms with Crippen LogP contribution in [0.3, 0.4) is 0 Å². The number of aliphatic carboxylic acids is 1. The normalized spacial score (nSPS) is 9.95. The number of aromatic nitrogens is 2. The second-order valence-corrected chi connectivity index (χ2v) is 5.34. The third-order valence-corrected chi connectivity index (χ3v) is 3.36. The number of aryl methyl sites for hydroxylation is 2. The molecule has 4 heteroatoms. The average molecular weight is 302 g/mol. The summed E-state index contributed by atoms with van der Waals surface area (Å²) in [6.07, 6.45) is 9.56. The molecule has 2 rings (SSSR count). The monoisotopic (exact) mass is 302 g/mol. The van der Waals surface area contributed by atoms with E-state index in [-0.39, 0.29) is 0 Å². The number of carboxylic acids is 1. The van der Waals surface area contributed by atoms with Crippen molar-refractivity contribution in [2.24, 2.45) is 7.05 Å². The molecule has 0 aliphatic heterocycles. The van der Waals surface area contributed by atoms with E-state index in [9.17, 15) is 0 Å². The van der Waals surface area contributed by atoms with E-state index in [1.54, 1.807) is 0 Å². The number of rotatable bonds is 6. The Kier molecular flexibility index (Phi) is 7.97. The van der Waals surface area contributed by atoms with Gasteiger partial charge in [-0.1, -0.05) is 38.0 Å². The van der Waals surface area contributed by atoms with Crippen LogP contribution in [0.25, 0.3) is 11.4 Å². The second-order valence-electron chi connectivity index (χ2n) is 5.34. The van der Waals surface area contributed by atoms with Gasteiger partial charge in [0.05, 0.1) is 19.2 Å². The predicted molar refractivity (Wildman–Crippen MR) is 85.9 cm³/mol. The Bertz CT molecular complexity index is 558. The maximum atomic E-state index is 8.89. The van der Waals surface area contributed by atoms with Crippen molar-refractivity contribution in [3.8, 4) is 11.4 Å². The summed E-state index contributed by atoms with van der Waals surface area (Å²) in [5.41, 5.74) is 1.29. The molecule has 0 aliphatic rings. The lowest BCUT2D eigenvalue weighted by atomic mass is 10.2. The van der Waals surface area contributed by atoms with Crippen LogP contribution in [0.5, 0.6) is 0 Å². The number of hydrogen-bond donors (Lipinski definition) is 0. The Morgan fingerprint density at radius 1 is 1.18 bits per heavy atom. The van der Waals surface area contributed by atoms with Gasteiger partial charge in [-0.15, -0.1) is 0 Å². The summed E-state index contributed by atoms with van der Waals surface area (Å²) in [6, 6.07) is 10.6. The molecule has 0 bridgehead atoms. The van der Waals surface area contributed by atoms with E-state index in [1.165, 1.54) is 37.1 Å². The first-order chi connectivity index (χ1) is 10.6. The van der Waals surface area contributed by atoms with Crippen molar-refractivity contribution in [1.29, 1.82) is 0 Å². The lowest BCUT2D eigenvalue weighted by Gasteiger charge is -2.03. The molecule has 0 radical (unpaired) electrons. The Hall–Kier alpha value is -2.10. The maximum Gasteiger partial charge on any atom is 0.288 e. The van der Waals surface area contributed by atoms with Gasteiger partial charge < -0.3 is 9.90 Å². The number of imidazole rings is 1. The van der Waals surface area contributed by atoms with Crippen molar-refractivity contribution < 1.29 is 14.5 Å². The first kappa shape index (κ1) is 18.0. The molecule has 1 aromatic heterocycles. The van der Waals surface area contributed by atoms with Crippen LogP contribution in [0.4, 0.5) is 0 Å². The lowest BCUT2D eigenvalue weighted by Crippen LogP contribution is -2.29. The van der Waals surface area contributed by atoms with Gasteiger partial charge in [-0.3, -0.25) is 0 Å². The van der Waals surface area contributed by atoms with E-state index in [4.69, 9.17) is 9.90 Å². The highest BCUT2D eigenvalue weighted by Crippen LogP contribution is 2.16. The molecule has 0 N–H and O–H groups in total. The molecule has 22 heavy (non-hydrogen) atoms. The predicted octanol–water partition coefficient (Wildman–Crippen LogP) is 2.32. The molecule has 0 fully saturated rings. The molecule has 0 spiro atoms. The van der Waals surface area contributed by atoms with Gasteiger partial charge in [0, 0.05) is 5.97 Å². The van der Waals surface area contributed by atoms with E-state index in [0.29, 0.717) is 0 Å². The molecule has 0 saturated heterocycles. The Morgan fingerprint density at radius 2 is 1.82 bits per heavy atom. The minimum absolute atomic E-state index is 0.972. The fourth-order valence-electron chi connectivity index (χ4n) is 2.37. The van der Waals surface area contributed by atoms with Crippen molar-refractivity contribution >= 4 is 5.97 Å². The lowest BCUT2D eigenvalue weighted by molar-refractivity contribution is -0.659. The molecule has 0 unspecified atom stereocenters. The standard InChI is InChI=1S/C16H23N2.C2H4O2/c1-3-4-5-9-12-18-14-13-17(2)16(18)15-10-7-6-8-11-15;1-2(3)4/h6-8,10-11,13-14H,3-5,9,12H2,1-2H3;1H3,(H,3,4)/q+1;/p-1. The van der Waals surface area contributed by atoms with E-state index in [1.807, 2.05) is 0 Å². The van der Waals surface area contributed by atoms with Gasteiger partial charge in [0.2, 0.25) is 0 Å². The van der Waals surface area contributed by atoms with Gasteiger partial charge >= 0.3 is 0 Å². The molecule has 0 amide bonds. The zero-order valence-corrected chi connectivity index (χ0v) is 13.8. The smallest absolute Gasteiger partial charge is 0.288 e. The third kappa shape index (κ3) is 6.12. The van der Waals surface area contributed by atoms with Crippen molar-refractivity contribution in [2.45, 2.75) is 46.1 Å². The first-order valence-corrected chi connectivity index (χ1v) is 7.84. The Labute approximate surface area is 133 Å². The molecular formula is C18H26N2O2. The van der Waals surface area contributed by atoms with Crippen LogP contribution in [0.2, 0.25) is 0 Å². The molecule has 120 valence electrons. The summed E-state index contributed by atoms with van der Waals surface area (Å²) in [5, 5.41) is 8.89. The average Bonchev–Trinajstić information content (AvgIpc) is 2.85. The molecule has 1 heterocycles. The molecule has 1 aromatic carbocycles. The van der Waals surface area contributed by atoms with Gasteiger partial charge in [-0.05, 0) is 31.9 Å². The number of hydrogen-bond acceptors (Lipinski definition) is 2. The molecule has 0 atom stereocenters. The number of nitrogens with zero attached hydrogens (tertiary/aromatic N) is 2. The SMILES string of the molecule is CC(=O)[O-].CCCCCCn1cc[n+](C)c1-c1ccccc1. The van der Waals surface area contributed by atoms with Gasteiger partial charge in [0.25, 0.3) is 5.82 Å². The van der Waals surface area contributed by atoms with Crippen LogP contribution in [-0.2, 0) is 18.4 Å². The first-order valence-electron chi connectivity index (χ1n) is 7.84. The zero-order chi connectivity index (χ0) is 16.4. The fourth-order valence-corrected chi connectivity index (χ4v) is 2.37. The van der Waals surface area contributed by atoms with Crippen molar-refractivity contribution in [2.75, 3.05) is 0 Å². The number of unbranched alkanes of at least 4 members (excludes halogenated alkanes) is 3. The van der Waals surface area contributed by atoms with Crippen LogP contribution in [0, 0.1) is 0 Å². The molecular weight excluding hydrogens is 276 g/mol. The highest BCUT2D eigenvalue weighted by atomic mass is 16.4. The van der Waals surface area contributed by atoms with Crippen LogP contribution < -0.4 is 9.67 Å².